The normalized spacial score (nSPS) is 12.8. The van der Waals surface area contributed by atoms with Crippen LogP contribution in [0.15, 0.2) is 17.2 Å². The minimum Gasteiger partial charge on any atom is -0.464 e. The lowest BCUT2D eigenvalue weighted by Gasteiger charge is -2.19. The van der Waals surface area contributed by atoms with Gasteiger partial charge in [-0.05, 0) is 25.3 Å². The van der Waals surface area contributed by atoms with E-state index in [4.69, 9.17) is 4.74 Å². The molecule has 0 aliphatic heterocycles. The smallest absolute Gasteiger partial charge is 0.331 e. The molecule has 1 N–H and O–H groups in total. The maximum Gasteiger partial charge on any atom is 0.331 e. The highest BCUT2D eigenvalue weighted by atomic mass is 16.5. The second-order valence-electron chi connectivity index (χ2n) is 5.11. The number of carbonyl (C=O) groups excluding carboxylic acids is 1. The highest BCUT2D eigenvalue weighted by Gasteiger charge is 2.27. The molecule has 0 radical (unpaired) electrons. The van der Waals surface area contributed by atoms with Gasteiger partial charge in [0.05, 0.1) is 6.61 Å². The van der Waals surface area contributed by atoms with Crippen LogP contribution in [0.1, 0.15) is 32.4 Å². The van der Waals surface area contributed by atoms with Crippen molar-refractivity contribution in [3.8, 4) is 0 Å². The SMILES string of the molecule is CCOC(=O)C(C(C)C)n1cc2c(C)c[nH]c(=O)c2n1. The fourth-order valence-corrected chi connectivity index (χ4v) is 2.22. The van der Waals surface area contributed by atoms with Crippen molar-refractivity contribution in [1.82, 2.24) is 14.8 Å². The number of fused-ring (bicyclic) bond motifs is 1. The molecule has 0 aliphatic rings. The largest absolute Gasteiger partial charge is 0.464 e. The van der Waals surface area contributed by atoms with Crippen LogP contribution in [0.2, 0.25) is 0 Å². The molecular formula is C14H19N3O3. The fourth-order valence-electron chi connectivity index (χ4n) is 2.22. The third kappa shape index (κ3) is 2.45. The Morgan fingerprint density at radius 2 is 2.20 bits per heavy atom. The number of nitrogens with zero attached hydrogens (tertiary/aromatic N) is 2. The van der Waals surface area contributed by atoms with Crippen LogP contribution in [0.4, 0.5) is 0 Å². The Morgan fingerprint density at radius 1 is 1.50 bits per heavy atom. The number of carbonyl (C=O) groups is 1. The zero-order valence-corrected chi connectivity index (χ0v) is 12.1. The van der Waals surface area contributed by atoms with E-state index in [0.717, 1.165) is 10.9 Å². The van der Waals surface area contributed by atoms with E-state index >= 15 is 0 Å². The van der Waals surface area contributed by atoms with Gasteiger partial charge in [0.15, 0.2) is 11.6 Å². The minimum atomic E-state index is -0.527. The van der Waals surface area contributed by atoms with Crippen LogP contribution in [0, 0.1) is 12.8 Å². The van der Waals surface area contributed by atoms with Crippen LogP contribution in [0.3, 0.4) is 0 Å². The molecule has 0 aliphatic carbocycles. The van der Waals surface area contributed by atoms with E-state index in [2.05, 4.69) is 10.1 Å². The zero-order chi connectivity index (χ0) is 14.9. The first-order valence-corrected chi connectivity index (χ1v) is 6.69. The quantitative estimate of drug-likeness (QED) is 0.864. The maximum absolute atomic E-state index is 12.1. The van der Waals surface area contributed by atoms with Crippen molar-refractivity contribution in [3.63, 3.8) is 0 Å². The lowest BCUT2D eigenvalue weighted by Crippen LogP contribution is -2.27. The van der Waals surface area contributed by atoms with Gasteiger partial charge in [0, 0.05) is 17.8 Å². The number of esters is 1. The average Bonchev–Trinajstić information content (AvgIpc) is 2.80. The van der Waals surface area contributed by atoms with Crippen molar-refractivity contribution < 1.29 is 9.53 Å². The first-order chi connectivity index (χ1) is 9.45. The molecule has 0 saturated heterocycles. The Hall–Kier alpha value is -2.11. The Bertz CT molecular complexity index is 685. The third-order valence-electron chi connectivity index (χ3n) is 3.24. The summed E-state index contributed by atoms with van der Waals surface area (Å²) in [6, 6.07) is -0.527. The van der Waals surface area contributed by atoms with Crippen LogP contribution < -0.4 is 5.56 Å². The van der Waals surface area contributed by atoms with Gasteiger partial charge in [-0.2, -0.15) is 5.10 Å². The van der Waals surface area contributed by atoms with Crippen LogP contribution in [-0.2, 0) is 9.53 Å². The summed E-state index contributed by atoms with van der Waals surface area (Å²) >= 11 is 0. The summed E-state index contributed by atoms with van der Waals surface area (Å²) in [6.45, 7) is 7.82. The van der Waals surface area contributed by atoms with Gasteiger partial charge in [0.1, 0.15) is 0 Å². The molecule has 2 rings (SSSR count). The highest BCUT2D eigenvalue weighted by Crippen LogP contribution is 2.22. The monoisotopic (exact) mass is 277 g/mol. The number of aromatic amines is 1. The van der Waals surface area contributed by atoms with Gasteiger partial charge in [-0.25, -0.2) is 4.79 Å². The highest BCUT2D eigenvalue weighted by molar-refractivity contribution is 5.81. The lowest BCUT2D eigenvalue weighted by molar-refractivity contribution is -0.148. The van der Waals surface area contributed by atoms with Crippen molar-refractivity contribution in [1.29, 1.82) is 0 Å². The minimum absolute atomic E-state index is 0.0164. The van der Waals surface area contributed by atoms with Crippen molar-refractivity contribution >= 4 is 16.9 Å². The number of hydrogen-bond donors (Lipinski definition) is 1. The number of pyridine rings is 1. The Kier molecular flexibility index (Phi) is 3.92. The van der Waals surface area contributed by atoms with E-state index in [1.165, 1.54) is 4.68 Å². The second kappa shape index (κ2) is 5.48. The lowest BCUT2D eigenvalue weighted by atomic mass is 10.1. The first kappa shape index (κ1) is 14.3. The molecule has 1 atom stereocenters. The molecule has 2 heterocycles. The number of aromatic nitrogens is 3. The Labute approximate surface area is 116 Å². The maximum atomic E-state index is 12.1. The van der Waals surface area contributed by atoms with Gasteiger partial charge in [0.25, 0.3) is 5.56 Å². The molecule has 0 fully saturated rings. The van der Waals surface area contributed by atoms with E-state index in [1.807, 2.05) is 20.8 Å². The molecule has 6 nitrogen and oxygen atoms in total. The molecule has 108 valence electrons. The number of hydrogen-bond acceptors (Lipinski definition) is 4. The number of ether oxygens (including phenoxy) is 1. The predicted octanol–water partition coefficient (Wildman–Crippen LogP) is 1.79. The molecule has 2 aromatic heterocycles. The molecule has 20 heavy (non-hydrogen) atoms. The third-order valence-corrected chi connectivity index (χ3v) is 3.24. The van der Waals surface area contributed by atoms with Gasteiger partial charge in [-0.15, -0.1) is 0 Å². The molecule has 0 saturated carbocycles. The summed E-state index contributed by atoms with van der Waals surface area (Å²) in [4.78, 5) is 26.5. The second-order valence-corrected chi connectivity index (χ2v) is 5.11. The standard InChI is InChI=1S/C14H19N3O3/c1-5-20-14(19)12(8(2)3)17-7-10-9(4)6-15-13(18)11(10)16-17/h6-8,12H,5H2,1-4H3,(H,15,18). The molecule has 1 unspecified atom stereocenters. The summed E-state index contributed by atoms with van der Waals surface area (Å²) in [5, 5.41) is 5.02. The molecule has 2 aromatic rings. The van der Waals surface area contributed by atoms with Gasteiger partial charge in [0.2, 0.25) is 0 Å². The van der Waals surface area contributed by atoms with E-state index < -0.39 is 6.04 Å². The van der Waals surface area contributed by atoms with Crippen LogP contribution in [0.5, 0.6) is 0 Å². The van der Waals surface area contributed by atoms with Gasteiger partial charge < -0.3 is 9.72 Å². The summed E-state index contributed by atoms with van der Waals surface area (Å²) in [5.41, 5.74) is 1.01. The average molecular weight is 277 g/mol. The number of aryl methyl sites for hydroxylation is 1. The van der Waals surface area contributed by atoms with Crippen LogP contribution >= 0.6 is 0 Å². The van der Waals surface area contributed by atoms with E-state index in [1.54, 1.807) is 19.3 Å². The Morgan fingerprint density at radius 3 is 2.75 bits per heavy atom. The fraction of sp³-hybridized carbons (Fsp3) is 0.500. The topological polar surface area (TPSA) is 77.0 Å². The van der Waals surface area contributed by atoms with E-state index in [9.17, 15) is 9.59 Å². The summed E-state index contributed by atoms with van der Waals surface area (Å²) in [7, 11) is 0. The summed E-state index contributed by atoms with van der Waals surface area (Å²) in [5.74, 6) is -0.313. The summed E-state index contributed by atoms with van der Waals surface area (Å²) < 4.78 is 6.63. The molecule has 0 amide bonds. The molecule has 6 heteroatoms. The summed E-state index contributed by atoms with van der Waals surface area (Å²) in [6.07, 6.45) is 3.38. The van der Waals surface area contributed by atoms with Crippen LogP contribution in [-0.4, -0.2) is 27.3 Å². The number of H-pyrrole nitrogens is 1. The van der Waals surface area contributed by atoms with Gasteiger partial charge in [-0.1, -0.05) is 13.8 Å². The van der Waals surface area contributed by atoms with Crippen molar-refractivity contribution in [2.24, 2.45) is 5.92 Å². The Balaban J connectivity index is 2.55. The van der Waals surface area contributed by atoms with Crippen LogP contribution in [0.25, 0.3) is 10.9 Å². The van der Waals surface area contributed by atoms with Crippen molar-refractivity contribution in [2.75, 3.05) is 6.61 Å². The molecule has 0 bridgehead atoms. The predicted molar refractivity (Wildman–Crippen MR) is 75.6 cm³/mol. The zero-order valence-electron chi connectivity index (χ0n) is 12.1. The van der Waals surface area contributed by atoms with E-state index in [-0.39, 0.29) is 17.4 Å². The number of rotatable bonds is 4. The molecule has 0 aromatic carbocycles. The molecular weight excluding hydrogens is 258 g/mol. The van der Waals surface area contributed by atoms with Crippen molar-refractivity contribution in [3.05, 3.63) is 28.3 Å². The van der Waals surface area contributed by atoms with E-state index in [0.29, 0.717) is 12.1 Å². The van der Waals surface area contributed by atoms with Gasteiger partial charge in [-0.3, -0.25) is 9.48 Å². The van der Waals surface area contributed by atoms with Gasteiger partial charge >= 0.3 is 5.97 Å². The van der Waals surface area contributed by atoms with Crippen molar-refractivity contribution in [2.45, 2.75) is 33.7 Å². The molecule has 0 spiro atoms. The number of nitrogens with one attached hydrogen (secondary N) is 1. The first-order valence-electron chi connectivity index (χ1n) is 6.69.